The molecule has 2 aliphatic rings. The predicted octanol–water partition coefficient (Wildman–Crippen LogP) is 2.50. The smallest absolute Gasteiger partial charge is 0.248 e. The van der Waals surface area contributed by atoms with E-state index < -0.39 is 5.92 Å². The molecule has 2 unspecified atom stereocenters. The van der Waals surface area contributed by atoms with E-state index in [9.17, 15) is 8.78 Å². The highest BCUT2D eigenvalue weighted by atomic mass is 19.3. The van der Waals surface area contributed by atoms with Crippen LogP contribution in [0.5, 0.6) is 0 Å². The van der Waals surface area contributed by atoms with Crippen LogP contribution >= 0.6 is 0 Å². The Morgan fingerprint density at radius 2 is 2.24 bits per heavy atom. The van der Waals surface area contributed by atoms with Gasteiger partial charge in [0, 0.05) is 45.1 Å². The summed E-state index contributed by atoms with van der Waals surface area (Å²) in [7, 11) is 0. The van der Waals surface area contributed by atoms with Gasteiger partial charge in [-0.2, -0.15) is 0 Å². The van der Waals surface area contributed by atoms with Crippen LogP contribution in [0.4, 0.5) is 8.78 Å². The molecule has 0 aromatic rings. The van der Waals surface area contributed by atoms with E-state index >= 15 is 0 Å². The third-order valence-corrected chi connectivity index (χ3v) is 4.09. The van der Waals surface area contributed by atoms with Crippen molar-refractivity contribution in [2.24, 2.45) is 5.92 Å². The fourth-order valence-corrected chi connectivity index (χ4v) is 3.13. The molecule has 1 saturated heterocycles. The second-order valence-corrected chi connectivity index (χ2v) is 5.64. The van der Waals surface area contributed by atoms with Gasteiger partial charge in [0.2, 0.25) is 5.92 Å². The van der Waals surface area contributed by atoms with E-state index in [1.807, 2.05) is 0 Å². The maximum Gasteiger partial charge on any atom is 0.248 e. The highest BCUT2D eigenvalue weighted by Crippen LogP contribution is 2.36. The largest absolute Gasteiger partial charge is 0.311 e. The zero-order valence-corrected chi connectivity index (χ0v) is 10.7. The zero-order valence-electron chi connectivity index (χ0n) is 10.7. The Labute approximate surface area is 103 Å². The van der Waals surface area contributed by atoms with E-state index in [-0.39, 0.29) is 18.8 Å². The van der Waals surface area contributed by atoms with Crippen molar-refractivity contribution in [2.45, 2.75) is 51.0 Å². The summed E-state index contributed by atoms with van der Waals surface area (Å²) in [4.78, 5) is 2.37. The van der Waals surface area contributed by atoms with E-state index in [1.165, 1.54) is 0 Å². The maximum absolute atomic E-state index is 13.3. The van der Waals surface area contributed by atoms with Crippen molar-refractivity contribution < 1.29 is 8.78 Å². The van der Waals surface area contributed by atoms with Crippen LogP contribution in [0.25, 0.3) is 0 Å². The molecule has 2 rings (SSSR count). The molecule has 2 nitrogen and oxygen atoms in total. The Kier molecular flexibility index (Phi) is 4.36. The van der Waals surface area contributed by atoms with Gasteiger partial charge in [-0.3, -0.25) is 0 Å². The highest BCUT2D eigenvalue weighted by molar-refractivity contribution is 4.83. The summed E-state index contributed by atoms with van der Waals surface area (Å²) in [5, 5.41) is 3.46. The van der Waals surface area contributed by atoms with Crippen molar-refractivity contribution in [1.82, 2.24) is 10.2 Å². The lowest BCUT2D eigenvalue weighted by molar-refractivity contribution is -0.0577. The van der Waals surface area contributed by atoms with Crippen LogP contribution in [0.15, 0.2) is 0 Å². The molecule has 1 aliphatic heterocycles. The van der Waals surface area contributed by atoms with Crippen molar-refractivity contribution in [3.63, 3.8) is 0 Å². The molecular weight excluding hydrogens is 222 g/mol. The number of alkyl halides is 2. The first-order valence-corrected chi connectivity index (χ1v) is 6.92. The van der Waals surface area contributed by atoms with Gasteiger partial charge in [0.05, 0.1) is 0 Å². The third kappa shape index (κ3) is 3.88. The molecule has 1 aliphatic carbocycles. The molecule has 4 heteroatoms. The maximum atomic E-state index is 13.3. The summed E-state index contributed by atoms with van der Waals surface area (Å²) in [5.41, 5.74) is 0. The molecule has 0 radical (unpaired) electrons. The Morgan fingerprint density at radius 3 is 2.94 bits per heavy atom. The number of piperazine rings is 1. The Bertz CT molecular complexity index is 246. The van der Waals surface area contributed by atoms with Gasteiger partial charge in [0.25, 0.3) is 0 Å². The van der Waals surface area contributed by atoms with Gasteiger partial charge in [0.15, 0.2) is 0 Å². The predicted molar refractivity (Wildman–Crippen MR) is 65.4 cm³/mol. The van der Waals surface area contributed by atoms with E-state index in [1.54, 1.807) is 0 Å². The van der Waals surface area contributed by atoms with Crippen LogP contribution in [0.2, 0.25) is 0 Å². The van der Waals surface area contributed by atoms with Crippen LogP contribution in [0, 0.1) is 5.92 Å². The zero-order chi connectivity index (χ0) is 12.3. The number of nitrogens with zero attached hydrogens (tertiary/aromatic N) is 1. The fourth-order valence-electron chi connectivity index (χ4n) is 3.13. The lowest BCUT2D eigenvalue weighted by Gasteiger charge is -2.37. The minimum absolute atomic E-state index is 0.0998. The van der Waals surface area contributed by atoms with Gasteiger partial charge >= 0.3 is 0 Å². The Balaban J connectivity index is 1.80. The molecule has 1 saturated carbocycles. The van der Waals surface area contributed by atoms with Crippen LogP contribution in [0.3, 0.4) is 0 Å². The first-order valence-electron chi connectivity index (χ1n) is 6.92. The normalized spacial score (nSPS) is 34.8. The lowest BCUT2D eigenvalue weighted by atomic mass is 9.86. The first kappa shape index (κ1) is 13.2. The van der Waals surface area contributed by atoms with Crippen LogP contribution in [-0.2, 0) is 0 Å². The van der Waals surface area contributed by atoms with E-state index in [0.717, 1.165) is 39.0 Å². The minimum Gasteiger partial charge on any atom is -0.311 e. The molecule has 0 amide bonds. The number of rotatable bonds is 3. The Hall–Kier alpha value is -0.220. The molecule has 0 spiro atoms. The molecule has 0 bridgehead atoms. The van der Waals surface area contributed by atoms with Crippen LogP contribution in [-0.4, -0.2) is 43.0 Å². The molecule has 1 heterocycles. The third-order valence-electron chi connectivity index (χ3n) is 4.09. The van der Waals surface area contributed by atoms with Crippen molar-refractivity contribution in [3.8, 4) is 0 Å². The number of hydrogen-bond donors (Lipinski definition) is 1. The van der Waals surface area contributed by atoms with Crippen molar-refractivity contribution >= 4 is 0 Å². The monoisotopic (exact) mass is 246 g/mol. The van der Waals surface area contributed by atoms with Crippen molar-refractivity contribution in [3.05, 3.63) is 0 Å². The number of nitrogens with one attached hydrogen (secondary N) is 1. The average molecular weight is 246 g/mol. The number of hydrogen-bond acceptors (Lipinski definition) is 2. The molecule has 0 aromatic heterocycles. The molecule has 2 fully saturated rings. The summed E-state index contributed by atoms with van der Waals surface area (Å²) in [6.07, 6.45) is 3.00. The van der Waals surface area contributed by atoms with Crippen LogP contribution in [0.1, 0.15) is 39.0 Å². The van der Waals surface area contributed by atoms with Gasteiger partial charge in [0.1, 0.15) is 0 Å². The standard InChI is InChI=1S/C13H24F2N2/c1-2-12-10-17(7-6-16-12)9-11-4-3-5-13(14,15)8-11/h11-12,16H,2-10H2,1H3. The topological polar surface area (TPSA) is 15.3 Å². The van der Waals surface area contributed by atoms with Gasteiger partial charge in [-0.15, -0.1) is 0 Å². The molecule has 0 aromatic carbocycles. The quantitative estimate of drug-likeness (QED) is 0.823. The van der Waals surface area contributed by atoms with E-state index in [0.29, 0.717) is 12.5 Å². The van der Waals surface area contributed by atoms with Gasteiger partial charge in [-0.1, -0.05) is 6.92 Å². The number of halogens is 2. The molecule has 2 atom stereocenters. The first-order chi connectivity index (χ1) is 8.09. The summed E-state index contributed by atoms with van der Waals surface area (Å²) >= 11 is 0. The van der Waals surface area contributed by atoms with Crippen molar-refractivity contribution in [1.29, 1.82) is 0 Å². The van der Waals surface area contributed by atoms with Gasteiger partial charge < -0.3 is 10.2 Å². The summed E-state index contributed by atoms with van der Waals surface area (Å²) in [5.74, 6) is -2.20. The fraction of sp³-hybridized carbons (Fsp3) is 1.00. The average Bonchev–Trinajstić information content (AvgIpc) is 2.28. The molecular formula is C13H24F2N2. The van der Waals surface area contributed by atoms with E-state index in [2.05, 4.69) is 17.1 Å². The SMILES string of the molecule is CCC1CN(CC2CCCC(F)(F)C2)CCN1. The molecule has 17 heavy (non-hydrogen) atoms. The van der Waals surface area contributed by atoms with Gasteiger partial charge in [-0.05, 0) is 25.2 Å². The summed E-state index contributed by atoms with van der Waals surface area (Å²) < 4.78 is 26.6. The molecule has 1 N–H and O–H groups in total. The van der Waals surface area contributed by atoms with Gasteiger partial charge in [-0.25, -0.2) is 8.78 Å². The highest BCUT2D eigenvalue weighted by Gasteiger charge is 2.37. The molecule has 100 valence electrons. The second-order valence-electron chi connectivity index (χ2n) is 5.64. The lowest BCUT2D eigenvalue weighted by Crippen LogP contribution is -2.51. The summed E-state index contributed by atoms with van der Waals surface area (Å²) in [6.45, 7) is 6.09. The van der Waals surface area contributed by atoms with Crippen molar-refractivity contribution in [2.75, 3.05) is 26.2 Å². The van der Waals surface area contributed by atoms with Crippen LogP contribution < -0.4 is 5.32 Å². The minimum atomic E-state index is -2.40. The Morgan fingerprint density at radius 1 is 1.41 bits per heavy atom. The second kappa shape index (κ2) is 5.61. The summed E-state index contributed by atoms with van der Waals surface area (Å²) in [6, 6.07) is 0.549. The van der Waals surface area contributed by atoms with E-state index in [4.69, 9.17) is 0 Å².